The molecule has 0 aromatic heterocycles. The second-order valence-corrected chi connectivity index (χ2v) is 8.27. The van der Waals surface area contributed by atoms with Gasteiger partial charge in [0.05, 0.1) is 11.8 Å². The Morgan fingerprint density at radius 1 is 1.29 bits per heavy atom. The van der Waals surface area contributed by atoms with Gasteiger partial charge in [-0.05, 0) is 43.9 Å². The second kappa shape index (κ2) is 9.61. The van der Waals surface area contributed by atoms with Crippen LogP contribution < -0.4 is 10.1 Å². The van der Waals surface area contributed by atoms with E-state index in [1.54, 1.807) is 18.2 Å². The number of benzene rings is 1. The van der Waals surface area contributed by atoms with Crippen molar-refractivity contribution in [1.82, 2.24) is 4.90 Å². The summed E-state index contributed by atoms with van der Waals surface area (Å²) in [7, 11) is 0. The van der Waals surface area contributed by atoms with Crippen molar-refractivity contribution in [1.29, 1.82) is 0 Å². The predicted molar refractivity (Wildman–Crippen MR) is 109 cm³/mol. The molecular weight excluding hydrogens is 380 g/mol. The molecule has 0 bridgehead atoms. The lowest BCUT2D eigenvalue weighted by molar-refractivity contribution is -0.137. The molecule has 3 rings (SSSR count). The summed E-state index contributed by atoms with van der Waals surface area (Å²) in [6, 6.07) is 5.23. The summed E-state index contributed by atoms with van der Waals surface area (Å²) in [4.78, 5) is 26.7. The number of amides is 2. The normalized spacial score (nSPS) is 20.4. The minimum absolute atomic E-state index is 0.0135. The number of carbonyl (C=O) groups excluding carboxylic acids is 2. The molecule has 1 N–H and O–H groups in total. The maximum Gasteiger partial charge on any atom is 0.227 e. The average Bonchev–Trinajstić information content (AvgIpc) is 3.20. The van der Waals surface area contributed by atoms with E-state index in [4.69, 9.17) is 21.1 Å². The van der Waals surface area contributed by atoms with Crippen LogP contribution in [0, 0.1) is 11.8 Å². The molecule has 2 fully saturated rings. The van der Waals surface area contributed by atoms with Gasteiger partial charge in [-0.15, -0.1) is 0 Å². The van der Waals surface area contributed by atoms with Crippen molar-refractivity contribution in [2.75, 3.05) is 31.6 Å². The van der Waals surface area contributed by atoms with Gasteiger partial charge in [0, 0.05) is 36.6 Å². The van der Waals surface area contributed by atoms with Crippen molar-refractivity contribution in [3.8, 4) is 5.75 Å². The summed E-state index contributed by atoms with van der Waals surface area (Å²) >= 11 is 6.12. The molecule has 0 aliphatic carbocycles. The first-order valence-corrected chi connectivity index (χ1v) is 10.5. The van der Waals surface area contributed by atoms with Crippen LogP contribution in [0.4, 0.5) is 5.69 Å². The van der Waals surface area contributed by atoms with Crippen molar-refractivity contribution in [3.63, 3.8) is 0 Å². The summed E-state index contributed by atoms with van der Waals surface area (Å²) in [6.07, 6.45) is 3.47. The zero-order valence-corrected chi connectivity index (χ0v) is 17.3. The summed E-state index contributed by atoms with van der Waals surface area (Å²) in [5.41, 5.74) is 0.580. The maximum absolute atomic E-state index is 12.8. The summed E-state index contributed by atoms with van der Waals surface area (Å²) in [6.45, 7) is 6.27. The first-order chi connectivity index (χ1) is 13.4. The predicted octanol–water partition coefficient (Wildman–Crippen LogP) is 3.73. The Morgan fingerprint density at radius 3 is 2.68 bits per heavy atom. The summed E-state index contributed by atoms with van der Waals surface area (Å²) in [5.74, 6) is 0.557. The van der Waals surface area contributed by atoms with Crippen LogP contribution in [0.2, 0.25) is 5.02 Å². The Morgan fingerprint density at radius 2 is 2.04 bits per heavy atom. The van der Waals surface area contributed by atoms with Gasteiger partial charge >= 0.3 is 0 Å². The van der Waals surface area contributed by atoms with Crippen molar-refractivity contribution in [3.05, 3.63) is 23.2 Å². The van der Waals surface area contributed by atoms with Gasteiger partial charge in [0.15, 0.2) is 0 Å². The van der Waals surface area contributed by atoms with Crippen LogP contribution in [0.3, 0.4) is 0 Å². The highest BCUT2D eigenvalue weighted by Gasteiger charge is 2.28. The highest BCUT2D eigenvalue weighted by Crippen LogP contribution is 2.30. The third-order valence-electron chi connectivity index (χ3n) is 5.32. The van der Waals surface area contributed by atoms with Crippen LogP contribution in [0.15, 0.2) is 18.2 Å². The molecular formula is C21H29ClN2O4. The minimum atomic E-state index is -0.124. The second-order valence-electron chi connectivity index (χ2n) is 7.83. The molecule has 28 heavy (non-hydrogen) atoms. The molecule has 1 aromatic carbocycles. The van der Waals surface area contributed by atoms with Crippen LogP contribution in [-0.4, -0.2) is 49.1 Å². The Kier molecular flexibility index (Phi) is 7.18. The zero-order valence-electron chi connectivity index (χ0n) is 16.6. The first kappa shape index (κ1) is 20.9. The Hall–Kier alpha value is -1.79. The molecule has 0 spiro atoms. The molecule has 0 radical (unpaired) electrons. The molecule has 0 saturated carbocycles. The number of carbonyl (C=O) groups is 2. The van der Waals surface area contributed by atoms with Crippen molar-refractivity contribution in [2.24, 2.45) is 11.8 Å². The van der Waals surface area contributed by atoms with Crippen LogP contribution in [0.25, 0.3) is 0 Å². The fourth-order valence-corrected chi connectivity index (χ4v) is 3.82. The number of ether oxygens (including phenoxy) is 2. The van der Waals surface area contributed by atoms with E-state index in [-0.39, 0.29) is 29.8 Å². The standard InChI is InChI=1S/C21H29ClN2O4/c1-14(2)21(26)24-9-7-15(8-10-24)20(25)23-18-12-16(22)5-6-19(18)28-13-17-4-3-11-27-17/h5-6,12,14-15,17H,3-4,7-11,13H2,1-2H3,(H,23,25). The number of hydrogen-bond donors (Lipinski definition) is 1. The van der Waals surface area contributed by atoms with Crippen LogP contribution in [-0.2, 0) is 14.3 Å². The number of anilines is 1. The quantitative estimate of drug-likeness (QED) is 0.778. The molecule has 6 nitrogen and oxygen atoms in total. The van der Waals surface area contributed by atoms with E-state index in [9.17, 15) is 9.59 Å². The molecule has 2 amide bonds. The number of likely N-dealkylation sites (tertiary alicyclic amines) is 1. The van der Waals surface area contributed by atoms with E-state index < -0.39 is 0 Å². The van der Waals surface area contributed by atoms with Gasteiger partial charge in [-0.1, -0.05) is 25.4 Å². The van der Waals surface area contributed by atoms with E-state index in [0.29, 0.717) is 49.0 Å². The van der Waals surface area contributed by atoms with E-state index in [0.717, 1.165) is 19.4 Å². The molecule has 1 unspecified atom stereocenters. The molecule has 1 aromatic rings. The van der Waals surface area contributed by atoms with E-state index in [2.05, 4.69) is 5.32 Å². The zero-order chi connectivity index (χ0) is 20.1. The monoisotopic (exact) mass is 408 g/mol. The third-order valence-corrected chi connectivity index (χ3v) is 5.55. The fourth-order valence-electron chi connectivity index (χ4n) is 3.65. The van der Waals surface area contributed by atoms with E-state index in [1.807, 2.05) is 18.7 Å². The number of nitrogens with zero attached hydrogens (tertiary/aromatic N) is 1. The lowest BCUT2D eigenvalue weighted by Crippen LogP contribution is -2.43. The first-order valence-electron chi connectivity index (χ1n) is 10.1. The molecule has 7 heteroatoms. The largest absolute Gasteiger partial charge is 0.489 e. The van der Waals surface area contributed by atoms with Gasteiger partial charge in [-0.3, -0.25) is 9.59 Å². The fraction of sp³-hybridized carbons (Fsp3) is 0.619. The van der Waals surface area contributed by atoms with Gasteiger partial charge < -0.3 is 19.7 Å². The molecule has 2 aliphatic rings. The highest BCUT2D eigenvalue weighted by molar-refractivity contribution is 6.31. The minimum Gasteiger partial charge on any atom is -0.489 e. The molecule has 1 atom stereocenters. The molecule has 2 saturated heterocycles. The van der Waals surface area contributed by atoms with Gasteiger partial charge in [0.2, 0.25) is 11.8 Å². The maximum atomic E-state index is 12.8. The summed E-state index contributed by atoms with van der Waals surface area (Å²) in [5, 5.41) is 3.51. The molecule has 2 heterocycles. The Bertz CT molecular complexity index is 696. The average molecular weight is 409 g/mol. The number of piperidine rings is 1. The smallest absolute Gasteiger partial charge is 0.227 e. The SMILES string of the molecule is CC(C)C(=O)N1CCC(C(=O)Nc2cc(Cl)ccc2OCC2CCCO2)CC1. The van der Waals surface area contributed by atoms with Crippen LogP contribution >= 0.6 is 11.6 Å². The lowest BCUT2D eigenvalue weighted by atomic mass is 9.95. The Labute approximate surface area is 171 Å². The molecule has 2 aliphatic heterocycles. The topological polar surface area (TPSA) is 67.9 Å². The van der Waals surface area contributed by atoms with Crippen LogP contribution in [0.5, 0.6) is 5.75 Å². The van der Waals surface area contributed by atoms with Crippen LogP contribution in [0.1, 0.15) is 39.5 Å². The van der Waals surface area contributed by atoms with Crippen molar-refractivity contribution < 1.29 is 19.1 Å². The number of nitrogens with one attached hydrogen (secondary N) is 1. The van der Waals surface area contributed by atoms with E-state index in [1.165, 1.54) is 0 Å². The summed E-state index contributed by atoms with van der Waals surface area (Å²) < 4.78 is 11.5. The van der Waals surface area contributed by atoms with Gasteiger partial charge in [-0.2, -0.15) is 0 Å². The number of rotatable bonds is 6. The van der Waals surface area contributed by atoms with Crippen molar-refractivity contribution in [2.45, 2.75) is 45.6 Å². The van der Waals surface area contributed by atoms with Gasteiger partial charge in [-0.25, -0.2) is 0 Å². The Balaban J connectivity index is 1.57. The number of hydrogen-bond acceptors (Lipinski definition) is 4. The van der Waals surface area contributed by atoms with E-state index >= 15 is 0 Å². The van der Waals surface area contributed by atoms with Crippen molar-refractivity contribution >= 4 is 29.1 Å². The number of halogens is 1. The lowest BCUT2D eigenvalue weighted by Gasteiger charge is -2.32. The highest BCUT2D eigenvalue weighted by atomic mass is 35.5. The van der Waals surface area contributed by atoms with Gasteiger partial charge in [0.25, 0.3) is 0 Å². The van der Waals surface area contributed by atoms with Gasteiger partial charge in [0.1, 0.15) is 12.4 Å². The third kappa shape index (κ3) is 5.39. The molecule has 154 valence electrons.